The molecule has 2 aromatic heterocycles. The van der Waals surface area contributed by atoms with Gasteiger partial charge in [0.2, 0.25) is 0 Å². The number of thiophene rings is 1. The van der Waals surface area contributed by atoms with E-state index in [-0.39, 0.29) is 5.91 Å². The molecule has 5 nitrogen and oxygen atoms in total. The maximum atomic E-state index is 12.5. The second-order valence-electron chi connectivity index (χ2n) is 6.44. The number of carbonyl (C=O) groups excluding carboxylic acids is 1. The van der Waals surface area contributed by atoms with E-state index in [1.54, 1.807) is 11.3 Å². The van der Waals surface area contributed by atoms with Crippen molar-refractivity contribution in [2.24, 2.45) is 0 Å². The summed E-state index contributed by atoms with van der Waals surface area (Å²) in [6.45, 7) is 7.62. The van der Waals surface area contributed by atoms with Gasteiger partial charge in [0.25, 0.3) is 5.91 Å². The van der Waals surface area contributed by atoms with Gasteiger partial charge in [0.1, 0.15) is 10.7 Å². The molecular formula is C20H22N4OS2. The predicted molar refractivity (Wildman–Crippen MR) is 114 cm³/mol. The van der Waals surface area contributed by atoms with Gasteiger partial charge in [-0.1, -0.05) is 13.0 Å². The third-order valence-electron chi connectivity index (χ3n) is 4.78. The number of aromatic nitrogens is 1. The minimum absolute atomic E-state index is 0.168. The van der Waals surface area contributed by atoms with E-state index in [0.717, 1.165) is 48.3 Å². The van der Waals surface area contributed by atoms with Gasteiger partial charge in [-0.15, -0.1) is 22.7 Å². The van der Waals surface area contributed by atoms with Crippen LogP contribution in [0.15, 0.2) is 47.2 Å². The van der Waals surface area contributed by atoms with Crippen molar-refractivity contribution in [3.05, 3.63) is 52.9 Å². The molecule has 0 aliphatic carbocycles. The first-order valence-electron chi connectivity index (χ1n) is 9.11. The highest BCUT2D eigenvalue weighted by atomic mass is 32.1. The minimum Gasteiger partial charge on any atom is -0.369 e. The summed E-state index contributed by atoms with van der Waals surface area (Å²) in [6.07, 6.45) is 0. The van der Waals surface area contributed by atoms with Gasteiger partial charge in [-0.25, -0.2) is 4.98 Å². The van der Waals surface area contributed by atoms with E-state index in [2.05, 4.69) is 39.2 Å². The number of nitrogens with one attached hydrogen (secondary N) is 1. The first kappa shape index (κ1) is 18.2. The maximum Gasteiger partial charge on any atom is 0.275 e. The van der Waals surface area contributed by atoms with Gasteiger partial charge in [0, 0.05) is 42.9 Å². The number of piperazine rings is 1. The van der Waals surface area contributed by atoms with Gasteiger partial charge in [-0.2, -0.15) is 0 Å². The molecule has 3 aromatic rings. The van der Waals surface area contributed by atoms with Crippen molar-refractivity contribution in [3.8, 4) is 9.88 Å². The molecule has 7 heteroatoms. The largest absolute Gasteiger partial charge is 0.369 e. The summed E-state index contributed by atoms with van der Waals surface area (Å²) in [7, 11) is 0. The maximum absolute atomic E-state index is 12.5. The van der Waals surface area contributed by atoms with Gasteiger partial charge in [-0.05, 0) is 42.3 Å². The van der Waals surface area contributed by atoms with Crippen molar-refractivity contribution in [2.75, 3.05) is 42.9 Å². The van der Waals surface area contributed by atoms with Crippen molar-refractivity contribution < 1.29 is 4.79 Å². The highest BCUT2D eigenvalue weighted by Crippen LogP contribution is 2.28. The Morgan fingerprint density at radius 1 is 1.11 bits per heavy atom. The Kier molecular flexibility index (Phi) is 5.52. The molecule has 1 aliphatic heterocycles. The third-order valence-corrected chi connectivity index (χ3v) is 6.66. The van der Waals surface area contributed by atoms with Gasteiger partial charge >= 0.3 is 0 Å². The lowest BCUT2D eigenvalue weighted by Gasteiger charge is -2.35. The van der Waals surface area contributed by atoms with Crippen molar-refractivity contribution in [1.82, 2.24) is 9.88 Å². The number of likely N-dealkylation sites (N-methyl/N-ethyl adjacent to an activating group) is 1. The number of benzene rings is 1. The molecule has 0 bridgehead atoms. The fourth-order valence-corrected chi connectivity index (χ4v) is 4.78. The van der Waals surface area contributed by atoms with E-state index in [1.807, 2.05) is 35.0 Å². The SMILES string of the molecule is CCN1CCN(c2ccc(NC(=O)c3csc(-c4cccs4)n3)cc2)CC1. The number of carbonyl (C=O) groups is 1. The number of nitrogens with zero attached hydrogens (tertiary/aromatic N) is 3. The van der Waals surface area contributed by atoms with Crippen LogP contribution >= 0.6 is 22.7 Å². The smallest absolute Gasteiger partial charge is 0.275 e. The average molecular weight is 399 g/mol. The standard InChI is InChI=1S/C20H22N4OS2/c1-2-23-9-11-24(12-10-23)16-7-5-15(6-8-16)21-19(25)17-14-27-20(22-17)18-4-3-13-26-18/h3-8,13-14H,2,9-12H2,1H3,(H,21,25). The highest BCUT2D eigenvalue weighted by Gasteiger charge is 2.16. The molecule has 0 saturated carbocycles. The second kappa shape index (κ2) is 8.21. The highest BCUT2D eigenvalue weighted by molar-refractivity contribution is 7.20. The molecule has 27 heavy (non-hydrogen) atoms. The third kappa shape index (κ3) is 4.21. The number of rotatable bonds is 5. The van der Waals surface area contributed by atoms with Gasteiger partial charge < -0.3 is 15.1 Å². The Morgan fingerprint density at radius 3 is 2.56 bits per heavy atom. The summed E-state index contributed by atoms with van der Waals surface area (Å²) in [5, 5.41) is 7.66. The van der Waals surface area contributed by atoms with E-state index < -0.39 is 0 Å². The van der Waals surface area contributed by atoms with Crippen LogP contribution in [0.5, 0.6) is 0 Å². The lowest BCUT2D eigenvalue weighted by Crippen LogP contribution is -2.46. The Labute approximate surface area is 167 Å². The molecule has 1 aromatic carbocycles. The van der Waals surface area contributed by atoms with Crippen molar-refractivity contribution in [2.45, 2.75) is 6.92 Å². The summed E-state index contributed by atoms with van der Waals surface area (Å²) in [4.78, 5) is 22.9. The Morgan fingerprint density at radius 2 is 1.89 bits per heavy atom. The normalized spacial score (nSPS) is 15.1. The lowest BCUT2D eigenvalue weighted by atomic mass is 10.2. The summed E-state index contributed by atoms with van der Waals surface area (Å²) < 4.78 is 0. The molecule has 1 aliphatic rings. The van der Waals surface area contributed by atoms with Crippen LogP contribution in [-0.4, -0.2) is 48.5 Å². The van der Waals surface area contributed by atoms with E-state index in [1.165, 1.54) is 17.0 Å². The fraction of sp³-hybridized carbons (Fsp3) is 0.300. The molecule has 0 atom stereocenters. The predicted octanol–water partition coefficient (Wildman–Crippen LogP) is 4.27. The summed E-state index contributed by atoms with van der Waals surface area (Å²) >= 11 is 3.13. The van der Waals surface area contributed by atoms with Crippen molar-refractivity contribution in [1.29, 1.82) is 0 Å². The van der Waals surface area contributed by atoms with Gasteiger partial charge in [0.15, 0.2) is 0 Å². The van der Waals surface area contributed by atoms with Crippen LogP contribution in [0.3, 0.4) is 0 Å². The van der Waals surface area contributed by atoms with Gasteiger partial charge in [-0.3, -0.25) is 4.79 Å². The topological polar surface area (TPSA) is 48.5 Å². The molecule has 3 heterocycles. The zero-order chi connectivity index (χ0) is 18.6. The fourth-order valence-electron chi connectivity index (χ4n) is 3.16. The summed E-state index contributed by atoms with van der Waals surface area (Å²) in [5.74, 6) is -0.168. The van der Waals surface area contributed by atoms with Crippen LogP contribution in [0.4, 0.5) is 11.4 Å². The molecule has 4 rings (SSSR count). The van der Waals surface area contributed by atoms with E-state index in [9.17, 15) is 4.79 Å². The van der Waals surface area contributed by atoms with Crippen LogP contribution in [0.25, 0.3) is 9.88 Å². The Hall–Kier alpha value is -2.22. The van der Waals surface area contributed by atoms with E-state index >= 15 is 0 Å². The van der Waals surface area contributed by atoms with Crippen molar-refractivity contribution in [3.63, 3.8) is 0 Å². The van der Waals surface area contributed by atoms with Crippen LogP contribution in [0.2, 0.25) is 0 Å². The van der Waals surface area contributed by atoms with Crippen LogP contribution in [-0.2, 0) is 0 Å². The van der Waals surface area contributed by atoms with Crippen molar-refractivity contribution >= 4 is 40.0 Å². The molecule has 1 saturated heterocycles. The first-order chi connectivity index (χ1) is 13.2. The van der Waals surface area contributed by atoms with Gasteiger partial charge in [0.05, 0.1) is 4.88 Å². The molecule has 140 valence electrons. The van der Waals surface area contributed by atoms with Crippen LogP contribution in [0.1, 0.15) is 17.4 Å². The summed E-state index contributed by atoms with van der Waals surface area (Å²) in [5.41, 5.74) is 2.46. The molecule has 0 unspecified atom stereocenters. The number of amides is 1. The molecule has 1 amide bonds. The zero-order valence-electron chi connectivity index (χ0n) is 15.2. The minimum atomic E-state index is -0.168. The zero-order valence-corrected chi connectivity index (χ0v) is 16.9. The quantitative estimate of drug-likeness (QED) is 0.697. The number of hydrogen-bond acceptors (Lipinski definition) is 6. The van der Waals surface area contributed by atoms with Crippen LogP contribution < -0.4 is 10.2 Å². The first-order valence-corrected chi connectivity index (χ1v) is 10.9. The molecule has 0 radical (unpaired) electrons. The molecular weight excluding hydrogens is 376 g/mol. The number of hydrogen-bond donors (Lipinski definition) is 1. The molecule has 1 fully saturated rings. The summed E-state index contributed by atoms with van der Waals surface area (Å²) in [6, 6.07) is 12.1. The number of anilines is 2. The van der Waals surface area contributed by atoms with E-state index in [0.29, 0.717) is 5.69 Å². The lowest BCUT2D eigenvalue weighted by molar-refractivity contribution is 0.102. The Bertz CT molecular complexity index is 881. The monoisotopic (exact) mass is 398 g/mol. The Balaban J connectivity index is 1.38. The average Bonchev–Trinajstić information content (AvgIpc) is 3.40. The number of thiazole rings is 1. The van der Waals surface area contributed by atoms with E-state index in [4.69, 9.17) is 0 Å². The molecule has 0 spiro atoms. The second-order valence-corrected chi connectivity index (χ2v) is 8.24. The molecule has 1 N–H and O–H groups in total. The van der Waals surface area contributed by atoms with Crippen LogP contribution in [0, 0.1) is 0 Å².